The summed E-state index contributed by atoms with van der Waals surface area (Å²) in [6, 6.07) is 4.37. The molecule has 2 N–H and O–H groups in total. The molecule has 0 radical (unpaired) electrons. The van der Waals surface area contributed by atoms with Gasteiger partial charge in [-0.25, -0.2) is 4.39 Å². The molecule has 0 heterocycles. The van der Waals surface area contributed by atoms with Crippen molar-refractivity contribution >= 4 is 21.8 Å². The normalized spacial score (nSPS) is 16.4. The summed E-state index contributed by atoms with van der Waals surface area (Å²) in [5.41, 5.74) is 0.261. The van der Waals surface area contributed by atoms with Crippen LogP contribution in [0.2, 0.25) is 0 Å². The summed E-state index contributed by atoms with van der Waals surface area (Å²) in [4.78, 5) is 11.9. The van der Waals surface area contributed by atoms with Crippen LogP contribution in [-0.2, 0) is 0 Å². The topological polar surface area (TPSA) is 41.1 Å². The van der Waals surface area contributed by atoms with E-state index in [2.05, 4.69) is 26.6 Å². The van der Waals surface area contributed by atoms with Gasteiger partial charge >= 0.3 is 0 Å². The van der Waals surface area contributed by atoms with Crippen molar-refractivity contribution in [2.45, 2.75) is 12.8 Å². The Hall–Kier alpha value is -0.940. The molecule has 1 aliphatic rings. The standard InChI is InChI=1S/C13H16BrFN2O/c1-16-7-13(4-5-13)8-17-12(18)10-6-9(14)2-3-11(10)15/h2-3,6,16H,4-5,7-8H2,1H3,(H,17,18). The van der Waals surface area contributed by atoms with E-state index in [9.17, 15) is 9.18 Å². The van der Waals surface area contributed by atoms with Gasteiger partial charge in [-0.15, -0.1) is 0 Å². The molecule has 0 aliphatic heterocycles. The van der Waals surface area contributed by atoms with E-state index in [0.717, 1.165) is 19.4 Å². The molecule has 0 spiro atoms. The summed E-state index contributed by atoms with van der Waals surface area (Å²) in [6.45, 7) is 1.48. The Morgan fingerprint density at radius 1 is 1.44 bits per heavy atom. The molecule has 1 aromatic rings. The van der Waals surface area contributed by atoms with Crippen molar-refractivity contribution in [1.82, 2.24) is 10.6 Å². The molecule has 1 fully saturated rings. The van der Waals surface area contributed by atoms with Gasteiger partial charge in [-0.2, -0.15) is 0 Å². The van der Waals surface area contributed by atoms with Crippen molar-refractivity contribution in [3.63, 3.8) is 0 Å². The zero-order valence-electron chi connectivity index (χ0n) is 10.2. The molecule has 0 bridgehead atoms. The molecule has 1 saturated carbocycles. The van der Waals surface area contributed by atoms with E-state index in [0.29, 0.717) is 11.0 Å². The van der Waals surface area contributed by atoms with Crippen molar-refractivity contribution in [2.24, 2.45) is 5.41 Å². The predicted octanol–water partition coefficient (Wildman–Crippen LogP) is 2.32. The molecule has 1 amide bonds. The minimum Gasteiger partial charge on any atom is -0.351 e. The highest BCUT2D eigenvalue weighted by molar-refractivity contribution is 9.10. The summed E-state index contributed by atoms with van der Waals surface area (Å²) in [7, 11) is 1.90. The second kappa shape index (κ2) is 5.36. The van der Waals surface area contributed by atoms with Crippen molar-refractivity contribution < 1.29 is 9.18 Å². The highest BCUT2D eigenvalue weighted by Gasteiger charge is 2.42. The lowest BCUT2D eigenvalue weighted by molar-refractivity contribution is 0.0940. The third kappa shape index (κ3) is 3.09. The number of nitrogens with one attached hydrogen (secondary N) is 2. The van der Waals surface area contributed by atoms with E-state index in [-0.39, 0.29) is 16.9 Å². The quantitative estimate of drug-likeness (QED) is 0.875. The second-order valence-electron chi connectivity index (χ2n) is 4.84. The van der Waals surface area contributed by atoms with Crippen LogP contribution >= 0.6 is 15.9 Å². The lowest BCUT2D eigenvalue weighted by Crippen LogP contribution is -2.35. The van der Waals surface area contributed by atoms with Crippen molar-refractivity contribution in [1.29, 1.82) is 0 Å². The summed E-state index contributed by atoms with van der Waals surface area (Å²) < 4.78 is 14.2. The number of halogens is 2. The minimum absolute atomic E-state index is 0.0876. The highest BCUT2D eigenvalue weighted by Crippen LogP contribution is 2.44. The monoisotopic (exact) mass is 314 g/mol. The number of benzene rings is 1. The van der Waals surface area contributed by atoms with Crippen LogP contribution < -0.4 is 10.6 Å². The van der Waals surface area contributed by atoms with Crippen molar-refractivity contribution in [3.05, 3.63) is 34.1 Å². The van der Waals surface area contributed by atoms with Crippen molar-refractivity contribution in [3.8, 4) is 0 Å². The molecule has 0 atom stereocenters. The van der Waals surface area contributed by atoms with Crippen LogP contribution in [0.3, 0.4) is 0 Å². The number of rotatable bonds is 5. The number of hydrogen-bond donors (Lipinski definition) is 2. The molecule has 3 nitrogen and oxygen atoms in total. The van der Waals surface area contributed by atoms with Crippen LogP contribution in [0.5, 0.6) is 0 Å². The van der Waals surface area contributed by atoms with Gasteiger partial charge in [0.15, 0.2) is 0 Å². The van der Waals surface area contributed by atoms with Gasteiger partial charge in [0.1, 0.15) is 5.82 Å². The Morgan fingerprint density at radius 3 is 2.78 bits per heavy atom. The Bertz CT molecular complexity index is 460. The SMILES string of the molecule is CNCC1(CNC(=O)c2cc(Br)ccc2F)CC1. The summed E-state index contributed by atoms with van der Waals surface area (Å²) in [6.07, 6.45) is 2.21. The molecule has 0 unspecified atom stereocenters. The lowest BCUT2D eigenvalue weighted by Gasteiger charge is -2.15. The van der Waals surface area contributed by atoms with E-state index in [1.54, 1.807) is 6.07 Å². The van der Waals surface area contributed by atoms with E-state index in [4.69, 9.17) is 0 Å². The molecule has 5 heteroatoms. The maximum Gasteiger partial charge on any atom is 0.254 e. The Morgan fingerprint density at radius 2 is 2.17 bits per heavy atom. The first-order valence-electron chi connectivity index (χ1n) is 5.94. The zero-order valence-corrected chi connectivity index (χ0v) is 11.8. The summed E-state index contributed by atoms with van der Waals surface area (Å²) in [5, 5.41) is 5.94. The van der Waals surface area contributed by atoms with Gasteiger partial charge < -0.3 is 10.6 Å². The Kier molecular flexibility index (Phi) is 4.02. The smallest absolute Gasteiger partial charge is 0.254 e. The van der Waals surface area contributed by atoms with Crippen LogP contribution in [0.25, 0.3) is 0 Å². The fraction of sp³-hybridized carbons (Fsp3) is 0.462. The molecule has 0 aromatic heterocycles. The third-order valence-electron chi connectivity index (χ3n) is 3.31. The van der Waals surface area contributed by atoms with E-state index < -0.39 is 5.82 Å². The van der Waals surface area contributed by atoms with Crippen LogP contribution in [-0.4, -0.2) is 26.0 Å². The zero-order chi connectivity index (χ0) is 13.2. The lowest BCUT2D eigenvalue weighted by atomic mass is 10.1. The van der Waals surface area contributed by atoms with E-state index >= 15 is 0 Å². The number of amides is 1. The van der Waals surface area contributed by atoms with E-state index in [1.807, 2.05) is 7.05 Å². The maximum absolute atomic E-state index is 13.5. The number of carbonyl (C=O) groups excluding carboxylic acids is 1. The van der Waals surface area contributed by atoms with Gasteiger partial charge in [0.05, 0.1) is 5.56 Å². The molecular weight excluding hydrogens is 299 g/mol. The van der Waals surface area contributed by atoms with Crippen molar-refractivity contribution in [2.75, 3.05) is 20.1 Å². The molecule has 2 rings (SSSR count). The largest absolute Gasteiger partial charge is 0.351 e. The summed E-state index contributed by atoms with van der Waals surface area (Å²) in [5.74, 6) is -0.842. The fourth-order valence-corrected chi connectivity index (χ4v) is 2.36. The van der Waals surface area contributed by atoms with Gasteiger partial charge in [-0.05, 0) is 38.1 Å². The molecule has 0 saturated heterocycles. The maximum atomic E-state index is 13.5. The van der Waals surface area contributed by atoms with Crippen LogP contribution in [0.4, 0.5) is 4.39 Å². The minimum atomic E-state index is -0.492. The molecular formula is C13H16BrFN2O. The van der Waals surface area contributed by atoms with Crippen LogP contribution in [0, 0.1) is 11.2 Å². The fourth-order valence-electron chi connectivity index (χ4n) is 2.00. The predicted molar refractivity (Wildman–Crippen MR) is 72.0 cm³/mol. The van der Waals surface area contributed by atoms with Crippen LogP contribution in [0.1, 0.15) is 23.2 Å². The van der Waals surface area contributed by atoms with Gasteiger partial charge in [0, 0.05) is 23.0 Å². The number of hydrogen-bond acceptors (Lipinski definition) is 2. The van der Waals surface area contributed by atoms with Gasteiger partial charge in [0.25, 0.3) is 5.91 Å². The van der Waals surface area contributed by atoms with Gasteiger partial charge in [0.2, 0.25) is 0 Å². The first-order chi connectivity index (χ1) is 8.56. The molecule has 98 valence electrons. The first-order valence-corrected chi connectivity index (χ1v) is 6.73. The molecule has 1 aromatic carbocycles. The van der Waals surface area contributed by atoms with Crippen LogP contribution in [0.15, 0.2) is 22.7 Å². The third-order valence-corrected chi connectivity index (χ3v) is 3.80. The first kappa shape index (κ1) is 13.5. The average Bonchev–Trinajstić information content (AvgIpc) is 3.10. The molecule has 18 heavy (non-hydrogen) atoms. The Balaban J connectivity index is 1.98. The Labute approximate surface area is 114 Å². The van der Waals surface area contributed by atoms with Gasteiger partial charge in [-0.1, -0.05) is 15.9 Å². The average molecular weight is 315 g/mol. The second-order valence-corrected chi connectivity index (χ2v) is 5.75. The molecule has 1 aliphatic carbocycles. The van der Waals surface area contributed by atoms with Gasteiger partial charge in [-0.3, -0.25) is 4.79 Å². The highest BCUT2D eigenvalue weighted by atomic mass is 79.9. The summed E-state index contributed by atoms with van der Waals surface area (Å²) >= 11 is 3.24. The number of carbonyl (C=O) groups is 1. The van der Waals surface area contributed by atoms with E-state index in [1.165, 1.54) is 12.1 Å².